The molecule has 0 spiro atoms. The van der Waals surface area contributed by atoms with Gasteiger partial charge in [0.2, 0.25) is 11.8 Å². The first-order valence-electron chi connectivity index (χ1n) is 9.69. The maximum atomic E-state index is 12.4. The molecule has 2 heterocycles. The van der Waals surface area contributed by atoms with Crippen molar-refractivity contribution in [3.05, 3.63) is 63.1 Å². The number of para-hydroxylation sites is 1. The van der Waals surface area contributed by atoms with Crippen LogP contribution in [0.2, 0.25) is 10.0 Å². The highest BCUT2D eigenvalue weighted by Crippen LogP contribution is 2.44. The molecule has 1 atom stereocenters. The zero-order valence-electron chi connectivity index (χ0n) is 15.3. The number of halogens is 2. The van der Waals surface area contributed by atoms with Crippen molar-refractivity contribution < 1.29 is 9.59 Å². The highest BCUT2D eigenvalue weighted by Gasteiger charge is 2.39. The molecule has 0 bridgehead atoms. The fourth-order valence-corrected chi connectivity index (χ4v) is 5.09. The maximum absolute atomic E-state index is 12.4. The number of benzene rings is 2. The summed E-state index contributed by atoms with van der Waals surface area (Å²) in [4.78, 5) is 28.6. The van der Waals surface area contributed by atoms with Crippen LogP contribution in [0.15, 0.2) is 36.4 Å². The number of nitrogens with zero attached hydrogens (tertiary/aromatic N) is 2. The summed E-state index contributed by atoms with van der Waals surface area (Å²) in [7, 11) is 0. The van der Waals surface area contributed by atoms with Crippen molar-refractivity contribution >= 4 is 40.7 Å². The predicted octanol–water partition coefficient (Wildman–Crippen LogP) is 4.76. The lowest BCUT2D eigenvalue weighted by Crippen LogP contribution is -2.37. The van der Waals surface area contributed by atoms with Gasteiger partial charge in [0.25, 0.3) is 0 Å². The van der Waals surface area contributed by atoms with E-state index >= 15 is 0 Å². The third-order valence-electron chi connectivity index (χ3n) is 6.02. The molecule has 1 saturated heterocycles. The third kappa shape index (κ3) is 3.04. The Balaban J connectivity index is 1.65. The lowest BCUT2D eigenvalue weighted by atomic mass is 9.83. The van der Waals surface area contributed by atoms with Crippen LogP contribution >= 0.6 is 23.2 Å². The number of carbonyl (C=O) groups is 2. The van der Waals surface area contributed by atoms with E-state index in [0.717, 1.165) is 29.8 Å². The summed E-state index contributed by atoms with van der Waals surface area (Å²) in [5.74, 6) is -0.244. The molecule has 0 unspecified atom stereocenters. The number of hydrogen-bond donors (Lipinski definition) is 0. The summed E-state index contributed by atoms with van der Waals surface area (Å²) >= 11 is 12.9. The normalized spacial score (nSPS) is 22.6. The molecule has 0 aromatic heterocycles. The second-order valence-electron chi connectivity index (χ2n) is 7.85. The van der Waals surface area contributed by atoms with Crippen LogP contribution in [0.4, 0.5) is 5.69 Å². The van der Waals surface area contributed by atoms with Gasteiger partial charge < -0.3 is 0 Å². The molecule has 2 fully saturated rings. The molecule has 2 aromatic rings. The Morgan fingerprint density at radius 1 is 0.929 bits per heavy atom. The third-order valence-corrected chi connectivity index (χ3v) is 6.57. The maximum Gasteiger partial charge on any atom is 0.234 e. The van der Waals surface area contributed by atoms with Gasteiger partial charge in [-0.3, -0.25) is 19.4 Å². The first-order chi connectivity index (χ1) is 13.5. The Labute approximate surface area is 174 Å². The molecule has 2 amide bonds. The standard InChI is InChI=1S/C22H20Cl2N2O2/c23-13-9-16-17(11-25(14-5-6-14)12-18(16)19(24)10-13)15-3-1-2-4-20(15)26-21(27)7-8-22(26)28/h1-4,9-10,14,17H,5-8,11-12H2/t17-/m1/s1. The molecule has 3 aliphatic rings. The van der Waals surface area contributed by atoms with Crippen LogP contribution < -0.4 is 4.90 Å². The molecule has 6 heteroatoms. The van der Waals surface area contributed by atoms with E-state index < -0.39 is 0 Å². The second kappa shape index (κ2) is 6.87. The SMILES string of the molecule is O=C1CCC(=O)N1c1ccccc1[C@H]1CN(C2CC2)Cc2c(Cl)cc(Cl)cc21. The average Bonchev–Trinajstić information content (AvgIpc) is 3.47. The minimum Gasteiger partial charge on any atom is -0.295 e. The highest BCUT2D eigenvalue weighted by molar-refractivity contribution is 6.35. The molecular weight excluding hydrogens is 395 g/mol. The van der Waals surface area contributed by atoms with Gasteiger partial charge in [0, 0.05) is 47.9 Å². The Hall–Kier alpha value is -1.88. The summed E-state index contributed by atoms with van der Waals surface area (Å²) in [6.07, 6.45) is 2.97. The van der Waals surface area contributed by atoms with Gasteiger partial charge in [0.1, 0.15) is 0 Å². The van der Waals surface area contributed by atoms with E-state index in [4.69, 9.17) is 23.2 Å². The molecular formula is C22H20Cl2N2O2. The van der Waals surface area contributed by atoms with Crippen molar-refractivity contribution in [1.82, 2.24) is 4.90 Å². The first-order valence-corrected chi connectivity index (χ1v) is 10.4. The number of hydrogen-bond acceptors (Lipinski definition) is 3. The van der Waals surface area contributed by atoms with E-state index in [2.05, 4.69) is 4.90 Å². The predicted molar refractivity (Wildman–Crippen MR) is 110 cm³/mol. The van der Waals surface area contributed by atoms with Gasteiger partial charge in [-0.2, -0.15) is 0 Å². The van der Waals surface area contributed by atoms with Gasteiger partial charge in [-0.1, -0.05) is 41.4 Å². The van der Waals surface area contributed by atoms with Gasteiger partial charge in [-0.05, 0) is 47.7 Å². The molecule has 1 saturated carbocycles. The van der Waals surface area contributed by atoms with Gasteiger partial charge in [0.15, 0.2) is 0 Å². The van der Waals surface area contributed by atoms with Gasteiger partial charge in [-0.25, -0.2) is 0 Å². The van der Waals surface area contributed by atoms with Crippen LogP contribution in [0, 0.1) is 0 Å². The monoisotopic (exact) mass is 414 g/mol. The zero-order valence-corrected chi connectivity index (χ0v) is 16.8. The van der Waals surface area contributed by atoms with Crippen molar-refractivity contribution in [3.8, 4) is 0 Å². The van der Waals surface area contributed by atoms with E-state index in [1.165, 1.54) is 17.7 Å². The fraction of sp³-hybridized carbons (Fsp3) is 0.364. The van der Waals surface area contributed by atoms with Crippen LogP contribution in [-0.4, -0.2) is 29.3 Å². The fourth-order valence-electron chi connectivity index (χ4n) is 4.52. The van der Waals surface area contributed by atoms with Crippen molar-refractivity contribution in [3.63, 3.8) is 0 Å². The molecule has 144 valence electrons. The van der Waals surface area contributed by atoms with Crippen LogP contribution in [0.5, 0.6) is 0 Å². The number of amides is 2. The topological polar surface area (TPSA) is 40.6 Å². The van der Waals surface area contributed by atoms with E-state index in [1.54, 1.807) is 6.07 Å². The molecule has 0 N–H and O–H groups in total. The van der Waals surface area contributed by atoms with Crippen LogP contribution in [0.1, 0.15) is 48.3 Å². The minimum absolute atomic E-state index is 0.0120. The van der Waals surface area contributed by atoms with Crippen LogP contribution in [-0.2, 0) is 16.1 Å². The molecule has 28 heavy (non-hydrogen) atoms. The Morgan fingerprint density at radius 2 is 1.64 bits per heavy atom. The smallest absolute Gasteiger partial charge is 0.234 e. The summed E-state index contributed by atoms with van der Waals surface area (Å²) in [6, 6.07) is 12.1. The van der Waals surface area contributed by atoms with Crippen molar-refractivity contribution in [2.24, 2.45) is 0 Å². The van der Waals surface area contributed by atoms with Crippen LogP contribution in [0.25, 0.3) is 0 Å². The van der Waals surface area contributed by atoms with Gasteiger partial charge in [0.05, 0.1) is 5.69 Å². The summed E-state index contributed by atoms with van der Waals surface area (Å²) < 4.78 is 0. The average molecular weight is 415 g/mol. The quantitative estimate of drug-likeness (QED) is 0.679. The summed E-state index contributed by atoms with van der Waals surface area (Å²) in [6.45, 7) is 1.65. The lowest BCUT2D eigenvalue weighted by Gasteiger charge is -2.37. The van der Waals surface area contributed by atoms with E-state index in [1.807, 2.05) is 30.3 Å². The van der Waals surface area contributed by atoms with E-state index in [-0.39, 0.29) is 30.6 Å². The van der Waals surface area contributed by atoms with Crippen molar-refractivity contribution in [2.45, 2.75) is 44.2 Å². The summed E-state index contributed by atoms with van der Waals surface area (Å²) in [5, 5.41) is 1.29. The molecule has 1 aliphatic carbocycles. The molecule has 2 aromatic carbocycles. The van der Waals surface area contributed by atoms with Gasteiger partial charge in [-0.15, -0.1) is 0 Å². The van der Waals surface area contributed by atoms with Crippen molar-refractivity contribution in [2.75, 3.05) is 11.4 Å². The van der Waals surface area contributed by atoms with Crippen LogP contribution in [0.3, 0.4) is 0 Å². The number of fused-ring (bicyclic) bond motifs is 1. The minimum atomic E-state index is -0.128. The molecule has 5 rings (SSSR count). The zero-order chi connectivity index (χ0) is 19.4. The Morgan fingerprint density at radius 3 is 2.36 bits per heavy atom. The lowest BCUT2D eigenvalue weighted by molar-refractivity contribution is -0.121. The number of carbonyl (C=O) groups excluding carboxylic acids is 2. The Kier molecular flexibility index (Phi) is 4.46. The van der Waals surface area contributed by atoms with Gasteiger partial charge >= 0.3 is 0 Å². The molecule has 2 aliphatic heterocycles. The summed E-state index contributed by atoms with van der Waals surface area (Å²) in [5.41, 5.74) is 3.87. The first kappa shape index (κ1) is 18.2. The van der Waals surface area contributed by atoms with Crippen molar-refractivity contribution in [1.29, 1.82) is 0 Å². The van der Waals surface area contributed by atoms with E-state index in [9.17, 15) is 9.59 Å². The molecule has 0 radical (unpaired) electrons. The number of imide groups is 1. The highest BCUT2D eigenvalue weighted by atomic mass is 35.5. The largest absolute Gasteiger partial charge is 0.295 e. The van der Waals surface area contributed by atoms with E-state index in [0.29, 0.717) is 21.8 Å². The second-order valence-corrected chi connectivity index (χ2v) is 8.69. The Bertz CT molecular complexity index is 970. The number of rotatable bonds is 3. The molecule has 4 nitrogen and oxygen atoms in total. The number of anilines is 1.